The largest absolute Gasteiger partial charge is 0.496 e. The lowest BCUT2D eigenvalue weighted by molar-refractivity contribution is -0.136. The van der Waals surface area contributed by atoms with Gasteiger partial charge in [-0.05, 0) is 11.6 Å². The van der Waals surface area contributed by atoms with Crippen LogP contribution in [-0.2, 0) is 22.4 Å². The summed E-state index contributed by atoms with van der Waals surface area (Å²) >= 11 is 0. The van der Waals surface area contributed by atoms with Crippen molar-refractivity contribution < 1.29 is 14.3 Å². The topological polar surface area (TPSA) is 61.5 Å². The molecule has 1 aromatic rings. The minimum Gasteiger partial charge on any atom is -0.496 e. The van der Waals surface area contributed by atoms with E-state index in [0.717, 1.165) is 16.9 Å². The molecule has 0 saturated heterocycles. The third-order valence-electron chi connectivity index (χ3n) is 3.00. The highest BCUT2D eigenvalue weighted by molar-refractivity contribution is 5.90. The predicted octanol–water partition coefficient (Wildman–Crippen LogP) is 1.18. The van der Waals surface area contributed by atoms with Gasteiger partial charge >= 0.3 is 5.97 Å². The lowest BCUT2D eigenvalue weighted by Crippen LogP contribution is -2.21. The Balaban J connectivity index is 2.42. The van der Waals surface area contributed by atoms with Crippen LogP contribution in [0.3, 0.4) is 0 Å². The fourth-order valence-electron chi connectivity index (χ4n) is 2.10. The van der Waals surface area contributed by atoms with Gasteiger partial charge in [-0.2, -0.15) is 0 Å². The lowest BCUT2D eigenvalue weighted by atomic mass is 9.89. The highest BCUT2D eigenvalue weighted by Crippen LogP contribution is 2.31. The van der Waals surface area contributed by atoms with Crippen LogP contribution in [0.4, 0.5) is 0 Å². The van der Waals surface area contributed by atoms with Crippen LogP contribution in [0.1, 0.15) is 11.1 Å². The molecule has 0 bridgehead atoms. The smallest absolute Gasteiger partial charge is 0.335 e. The minimum atomic E-state index is -0.362. The van der Waals surface area contributed by atoms with Crippen LogP contribution >= 0.6 is 0 Å². The van der Waals surface area contributed by atoms with Crippen LogP contribution in [0, 0.1) is 0 Å². The molecule has 0 aliphatic heterocycles. The molecule has 90 valence electrons. The molecule has 0 unspecified atom stereocenters. The van der Waals surface area contributed by atoms with Crippen molar-refractivity contribution in [3.8, 4) is 5.75 Å². The Morgan fingerprint density at radius 2 is 2.06 bits per heavy atom. The van der Waals surface area contributed by atoms with Crippen molar-refractivity contribution in [2.24, 2.45) is 5.73 Å². The SMILES string of the molecule is COC(=O)C1=C(N)Cc2cccc(OC)c2C1. The van der Waals surface area contributed by atoms with Crippen LogP contribution in [0.15, 0.2) is 29.5 Å². The van der Waals surface area contributed by atoms with Gasteiger partial charge in [0.2, 0.25) is 0 Å². The molecular formula is C13H15NO3. The highest BCUT2D eigenvalue weighted by atomic mass is 16.5. The third-order valence-corrected chi connectivity index (χ3v) is 3.00. The van der Waals surface area contributed by atoms with Gasteiger partial charge in [0.25, 0.3) is 0 Å². The van der Waals surface area contributed by atoms with Gasteiger partial charge in [-0.1, -0.05) is 12.1 Å². The number of carbonyl (C=O) groups excluding carboxylic acids is 1. The zero-order valence-electron chi connectivity index (χ0n) is 9.95. The van der Waals surface area contributed by atoms with Crippen LogP contribution in [-0.4, -0.2) is 20.2 Å². The number of esters is 1. The number of hydrogen-bond donors (Lipinski definition) is 1. The van der Waals surface area contributed by atoms with E-state index in [1.165, 1.54) is 7.11 Å². The van der Waals surface area contributed by atoms with E-state index < -0.39 is 0 Å². The maximum Gasteiger partial charge on any atom is 0.335 e. The fraction of sp³-hybridized carbons (Fsp3) is 0.308. The first-order valence-electron chi connectivity index (χ1n) is 5.38. The number of nitrogens with two attached hydrogens (primary N) is 1. The van der Waals surface area contributed by atoms with Crippen molar-refractivity contribution in [1.82, 2.24) is 0 Å². The number of ether oxygens (including phenoxy) is 2. The average molecular weight is 233 g/mol. The molecule has 0 radical (unpaired) electrons. The van der Waals surface area contributed by atoms with Crippen molar-refractivity contribution in [2.75, 3.05) is 14.2 Å². The van der Waals surface area contributed by atoms with Crippen LogP contribution in [0.25, 0.3) is 0 Å². The van der Waals surface area contributed by atoms with Gasteiger partial charge in [0.15, 0.2) is 0 Å². The maximum atomic E-state index is 11.6. The molecule has 0 fully saturated rings. The number of hydrogen-bond acceptors (Lipinski definition) is 4. The molecule has 1 aliphatic rings. The summed E-state index contributed by atoms with van der Waals surface area (Å²) in [6.07, 6.45) is 1.04. The molecule has 1 aliphatic carbocycles. The first-order chi connectivity index (χ1) is 8.17. The van der Waals surface area contributed by atoms with E-state index in [1.807, 2.05) is 18.2 Å². The van der Waals surface area contributed by atoms with Crippen LogP contribution < -0.4 is 10.5 Å². The van der Waals surface area contributed by atoms with Gasteiger partial charge in [0, 0.05) is 24.1 Å². The second-order valence-corrected chi connectivity index (χ2v) is 3.95. The molecule has 2 rings (SSSR count). The van der Waals surface area contributed by atoms with Crippen molar-refractivity contribution in [3.63, 3.8) is 0 Å². The third kappa shape index (κ3) is 1.98. The second kappa shape index (κ2) is 4.49. The molecule has 4 nitrogen and oxygen atoms in total. The van der Waals surface area contributed by atoms with Crippen molar-refractivity contribution in [1.29, 1.82) is 0 Å². The summed E-state index contributed by atoms with van der Waals surface area (Å²) < 4.78 is 10.0. The summed E-state index contributed by atoms with van der Waals surface area (Å²) in [5, 5.41) is 0. The highest BCUT2D eigenvalue weighted by Gasteiger charge is 2.24. The van der Waals surface area contributed by atoms with Gasteiger partial charge < -0.3 is 15.2 Å². The van der Waals surface area contributed by atoms with E-state index in [4.69, 9.17) is 15.2 Å². The molecule has 17 heavy (non-hydrogen) atoms. The number of allylic oxidation sites excluding steroid dienone is 1. The summed E-state index contributed by atoms with van der Waals surface area (Å²) in [6.45, 7) is 0. The Kier molecular flexibility index (Phi) is 3.04. The Bertz CT molecular complexity index is 491. The predicted molar refractivity (Wildman–Crippen MR) is 63.6 cm³/mol. The number of fused-ring (bicyclic) bond motifs is 1. The van der Waals surface area contributed by atoms with E-state index in [2.05, 4.69) is 0 Å². The number of benzene rings is 1. The molecule has 2 N–H and O–H groups in total. The Labute approximate surface area is 100 Å². The quantitative estimate of drug-likeness (QED) is 0.779. The molecule has 0 amide bonds. The first-order valence-corrected chi connectivity index (χ1v) is 5.38. The number of methoxy groups -OCH3 is 2. The Morgan fingerprint density at radius 1 is 1.29 bits per heavy atom. The summed E-state index contributed by atoms with van der Waals surface area (Å²) in [5.74, 6) is 0.426. The molecular weight excluding hydrogens is 218 g/mol. The monoisotopic (exact) mass is 233 g/mol. The molecule has 0 spiro atoms. The first kappa shape index (κ1) is 11.5. The van der Waals surface area contributed by atoms with Gasteiger partial charge in [-0.3, -0.25) is 0 Å². The zero-order valence-corrected chi connectivity index (χ0v) is 9.95. The van der Waals surface area contributed by atoms with Crippen molar-refractivity contribution in [3.05, 3.63) is 40.6 Å². The van der Waals surface area contributed by atoms with Gasteiger partial charge in [-0.25, -0.2) is 4.79 Å². The van der Waals surface area contributed by atoms with Crippen molar-refractivity contribution in [2.45, 2.75) is 12.8 Å². The van der Waals surface area contributed by atoms with E-state index in [9.17, 15) is 4.79 Å². The maximum absolute atomic E-state index is 11.6. The summed E-state index contributed by atoms with van der Waals surface area (Å²) in [6, 6.07) is 5.81. The van der Waals surface area contributed by atoms with Crippen LogP contribution in [0.2, 0.25) is 0 Å². The normalized spacial score (nSPS) is 14.2. The standard InChI is InChI=1S/C13H15NO3/c1-16-12-5-3-4-8-6-11(14)10(7-9(8)12)13(15)17-2/h3-5H,6-7,14H2,1-2H3. The molecule has 0 saturated carbocycles. The van der Waals surface area contributed by atoms with Crippen molar-refractivity contribution >= 4 is 5.97 Å². The lowest BCUT2D eigenvalue weighted by Gasteiger charge is -2.21. The second-order valence-electron chi connectivity index (χ2n) is 3.95. The number of carbonyl (C=O) groups is 1. The molecule has 4 heteroatoms. The molecule has 0 aromatic heterocycles. The van der Waals surface area contributed by atoms with E-state index in [0.29, 0.717) is 24.1 Å². The fourth-order valence-corrected chi connectivity index (χ4v) is 2.10. The van der Waals surface area contributed by atoms with Gasteiger partial charge in [0.05, 0.1) is 19.8 Å². The Morgan fingerprint density at radius 3 is 2.71 bits per heavy atom. The minimum absolute atomic E-state index is 0.362. The average Bonchev–Trinajstić information content (AvgIpc) is 2.36. The van der Waals surface area contributed by atoms with E-state index in [-0.39, 0.29) is 5.97 Å². The van der Waals surface area contributed by atoms with Gasteiger partial charge in [0.1, 0.15) is 5.75 Å². The number of rotatable bonds is 2. The summed E-state index contributed by atoms with van der Waals surface area (Å²) in [7, 11) is 2.98. The zero-order chi connectivity index (χ0) is 12.4. The van der Waals surface area contributed by atoms with Gasteiger partial charge in [-0.15, -0.1) is 0 Å². The molecule has 0 atom stereocenters. The molecule has 0 heterocycles. The molecule has 1 aromatic carbocycles. The Hall–Kier alpha value is -1.97. The van der Waals surface area contributed by atoms with E-state index in [1.54, 1.807) is 7.11 Å². The summed E-state index contributed by atoms with van der Waals surface area (Å²) in [4.78, 5) is 11.6. The van der Waals surface area contributed by atoms with E-state index >= 15 is 0 Å². The van der Waals surface area contributed by atoms with Crippen LogP contribution in [0.5, 0.6) is 5.75 Å². The summed E-state index contributed by atoms with van der Waals surface area (Å²) in [5.41, 5.74) is 9.14.